The van der Waals surface area contributed by atoms with E-state index in [1.54, 1.807) is 4.90 Å². The first-order chi connectivity index (χ1) is 12.6. The van der Waals surface area contributed by atoms with Gasteiger partial charge in [-0.15, -0.1) is 0 Å². The number of nitrogens with zero attached hydrogens (tertiary/aromatic N) is 2. The zero-order valence-corrected chi connectivity index (χ0v) is 16.2. The van der Waals surface area contributed by atoms with Gasteiger partial charge in [-0.2, -0.15) is 0 Å². The summed E-state index contributed by atoms with van der Waals surface area (Å²) in [6.45, 7) is 5.20. The van der Waals surface area contributed by atoms with E-state index in [9.17, 15) is 9.59 Å². The summed E-state index contributed by atoms with van der Waals surface area (Å²) >= 11 is 6.47. The Morgan fingerprint density at radius 3 is 2.62 bits per heavy atom. The van der Waals surface area contributed by atoms with Gasteiger partial charge in [0.05, 0.1) is 16.6 Å². The van der Waals surface area contributed by atoms with Crippen molar-refractivity contribution in [3.63, 3.8) is 0 Å². The number of likely N-dealkylation sites (tertiary alicyclic amines) is 1. The molecule has 0 aromatic heterocycles. The highest BCUT2D eigenvalue weighted by molar-refractivity contribution is 6.33. The van der Waals surface area contributed by atoms with Gasteiger partial charge in [-0.3, -0.25) is 9.59 Å². The highest BCUT2D eigenvalue weighted by Gasteiger charge is 2.28. The zero-order valence-electron chi connectivity index (χ0n) is 15.5. The largest absolute Gasteiger partial charge is 0.370 e. The second-order valence-corrected chi connectivity index (χ2v) is 7.64. The molecular weight excluding hydrogens is 350 g/mol. The van der Waals surface area contributed by atoms with Crippen LogP contribution in [0.3, 0.4) is 0 Å². The molecular formula is C20H28ClN3O2. The maximum atomic E-state index is 12.6. The molecule has 0 bridgehead atoms. The Morgan fingerprint density at radius 2 is 1.92 bits per heavy atom. The predicted molar refractivity (Wildman–Crippen MR) is 106 cm³/mol. The van der Waals surface area contributed by atoms with Gasteiger partial charge in [0.25, 0.3) is 0 Å². The Bertz CT molecular complexity index is 658. The number of nitrogens with one attached hydrogen (secondary N) is 1. The molecule has 1 aromatic carbocycles. The van der Waals surface area contributed by atoms with Gasteiger partial charge in [0.15, 0.2) is 0 Å². The molecule has 3 rings (SSSR count). The Balaban J connectivity index is 1.62. The molecule has 0 radical (unpaired) electrons. The fourth-order valence-corrected chi connectivity index (χ4v) is 4.16. The molecule has 26 heavy (non-hydrogen) atoms. The molecule has 2 aliphatic rings. The van der Waals surface area contributed by atoms with Gasteiger partial charge in [0.1, 0.15) is 0 Å². The summed E-state index contributed by atoms with van der Waals surface area (Å²) in [6, 6.07) is 5.75. The van der Waals surface area contributed by atoms with Gasteiger partial charge in [-0.1, -0.05) is 18.5 Å². The fourth-order valence-electron chi connectivity index (χ4n) is 3.86. The number of hydrogen-bond donors (Lipinski definition) is 1. The lowest BCUT2D eigenvalue weighted by atomic mass is 9.96. The molecule has 0 saturated carbocycles. The van der Waals surface area contributed by atoms with E-state index in [2.05, 4.69) is 10.2 Å². The van der Waals surface area contributed by atoms with Crippen molar-refractivity contribution in [3.05, 3.63) is 23.2 Å². The molecule has 2 saturated heterocycles. The number of carbonyl (C=O) groups is 2. The third kappa shape index (κ3) is 4.50. The second-order valence-electron chi connectivity index (χ2n) is 7.24. The third-order valence-corrected chi connectivity index (χ3v) is 5.66. The van der Waals surface area contributed by atoms with E-state index in [1.807, 2.05) is 25.1 Å². The molecule has 2 fully saturated rings. The molecule has 6 heteroatoms. The van der Waals surface area contributed by atoms with Crippen LogP contribution in [-0.2, 0) is 9.59 Å². The van der Waals surface area contributed by atoms with Crippen LogP contribution in [0.25, 0.3) is 0 Å². The topological polar surface area (TPSA) is 52.7 Å². The number of carbonyl (C=O) groups excluding carboxylic acids is 2. The van der Waals surface area contributed by atoms with Crippen molar-refractivity contribution in [3.8, 4) is 0 Å². The third-order valence-electron chi connectivity index (χ3n) is 5.36. The molecule has 1 N–H and O–H groups in total. The fraction of sp³-hybridized carbons (Fsp3) is 0.600. The molecule has 2 amide bonds. The Kier molecular flexibility index (Phi) is 6.41. The van der Waals surface area contributed by atoms with E-state index < -0.39 is 0 Å². The van der Waals surface area contributed by atoms with E-state index in [4.69, 9.17) is 11.6 Å². The zero-order chi connectivity index (χ0) is 18.5. The highest BCUT2D eigenvalue weighted by atomic mass is 35.5. The standard InChI is InChI=1S/C20H28ClN3O2/c1-2-19(25)24-12-6-7-15(14-24)20(26)22-16-8-9-18(17(21)13-16)23-10-4-3-5-11-23/h8-9,13,15H,2-7,10-12,14H2,1H3,(H,22,26). The average Bonchev–Trinajstić information content (AvgIpc) is 2.68. The lowest BCUT2D eigenvalue weighted by molar-refractivity contribution is -0.134. The SMILES string of the molecule is CCC(=O)N1CCCC(C(=O)Nc2ccc(N3CCCCC3)c(Cl)c2)C1. The van der Waals surface area contributed by atoms with Gasteiger partial charge < -0.3 is 15.1 Å². The van der Waals surface area contributed by atoms with Crippen LogP contribution in [0.1, 0.15) is 45.4 Å². The van der Waals surface area contributed by atoms with Crippen LogP contribution >= 0.6 is 11.6 Å². The number of rotatable bonds is 4. The number of halogens is 1. The normalized spacial score (nSPS) is 20.8. The van der Waals surface area contributed by atoms with Crippen molar-refractivity contribution in [1.29, 1.82) is 0 Å². The minimum Gasteiger partial charge on any atom is -0.370 e. The van der Waals surface area contributed by atoms with Crippen LogP contribution in [0.5, 0.6) is 0 Å². The minimum atomic E-state index is -0.153. The minimum absolute atomic E-state index is 0.0274. The van der Waals surface area contributed by atoms with E-state index in [-0.39, 0.29) is 17.7 Å². The summed E-state index contributed by atoms with van der Waals surface area (Å²) in [5.74, 6) is -0.0587. The molecule has 1 atom stereocenters. The quantitative estimate of drug-likeness (QED) is 0.865. The second kappa shape index (κ2) is 8.76. The molecule has 2 heterocycles. The number of hydrogen-bond acceptors (Lipinski definition) is 3. The van der Waals surface area contributed by atoms with Crippen LogP contribution in [0, 0.1) is 5.92 Å². The van der Waals surface area contributed by atoms with Crippen molar-refractivity contribution in [2.24, 2.45) is 5.92 Å². The summed E-state index contributed by atoms with van der Waals surface area (Å²) in [7, 11) is 0. The van der Waals surface area contributed by atoms with Gasteiger partial charge in [-0.25, -0.2) is 0 Å². The van der Waals surface area contributed by atoms with Crippen LogP contribution in [0.15, 0.2) is 18.2 Å². The summed E-state index contributed by atoms with van der Waals surface area (Å²) in [5.41, 5.74) is 1.77. The Hall–Kier alpha value is -1.75. The predicted octanol–water partition coefficient (Wildman–Crippen LogP) is 3.92. The maximum absolute atomic E-state index is 12.6. The summed E-state index contributed by atoms with van der Waals surface area (Å²) in [4.78, 5) is 28.6. The van der Waals surface area contributed by atoms with Gasteiger partial charge in [0.2, 0.25) is 11.8 Å². The van der Waals surface area contributed by atoms with E-state index in [0.717, 1.165) is 43.9 Å². The van der Waals surface area contributed by atoms with Crippen molar-refractivity contribution >= 4 is 34.8 Å². The van der Waals surface area contributed by atoms with Gasteiger partial charge in [-0.05, 0) is 50.3 Å². The van der Waals surface area contributed by atoms with Gasteiger partial charge in [0, 0.05) is 38.3 Å². The first-order valence-electron chi connectivity index (χ1n) is 9.71. The first-order valence-corrected chi connectivity index (χ1v) is 10.1. The lowest BCUT2D eigenvalue weighted by Crippen LogP contribution is -2.43. The smallest absolute Gasteiger partial charge is 0.229 e. The Labute approximate surface area is 160 Å². The summed E-state index contributed by atoms with van der Waals surface area (Å²) in [5, 5.41) is 3.66. The van der Waals surface area contributed by atoms with Crippen molar-refractivity contribution in [2.75, 3.05) is 36.4 Å². The van der Waals surface area contributed by atoms with Crippen LogP contribution in [0.2, 0.25) is 5.02 Å². The molecule has 0 aliphatic carbocycles. The molecule has 1 aromatic rings. The van der Waals surface area contributed by atoms with Gasteiger partial charge >= 0.3 is 0 Å². The monoisotopic (exact) mass is 377 g/mol. The Morgan fingerprint density at radius 1 is 1.15 bits per heavy atom. The number of anilines is 2. The molecule has 2 aliphatic heterocycles. The molecule has 5 nitrogen and oxygen atoms in total. The molecule has 0 spiro atoms. The van der Waals surface area contributed by atoms with E-state index in [1.165, 1.54) is 19.3 Å². The van der Waals surface area contributed by atoms with E-state index >= 15 is 0 Å². The van der Waals surface area contributed by atoms with Crippen molar-refractivity contribution in [2.45, 2.75) is 45.4 Å². The average molecular weight is 378 g/mol. The summed E-state index contributed by atoms with van der Waals surface area (Å²) in [6.07, 6.45) is 5.85. The van der Waals surface area contributed by atoms with Crippen LogP contribution in [0.4, 0.5) is 11.4 Å². The first kappa shape index (κ1) is 19.0. The summed E-state index contributed by atoms with van der Waals surface area (Å²) < 4.78 is 0. The number of benzene rings is 1. The van der Waals surface area contributed by atoms with E-state index in [0.29, 0.717) is 18.0 Å². The highest BCUT2D eigenvalue weighted by Crippen LogP contribution is 2.31. The number of piperidine rings is 2. The van der Waals surface area contributed by atoms with Crippen LogP contribution in [-0.4, -0.2) is 42.9 Å². The van der Waals surface area contributed by atoms with Crippen molar-refractivity contribution < 1.29 is 9.59 Å². The molecule has 1 unspecified atom stereocenters. The van der Waals surface area contributed by atoms with Crippen LogP contribution < -0.4 is 10.2 Å². The number of amides is 2. The van der Waals surface area contributed by atoms with Crippen molar-refractivity contribution in [1.82, 2.24) is 4.90 Å². The maximum Gasteiger partial charge on any atom is 0.229 e. The molecule has 142 valence electrons. The lowest BCUT2D eigenvalue weighted by Gasteiger charge is -2.32.